The van der Waals surface area contributed by atoms with Gasteiger partial charge in [0.25, 0.3) is 0 Å². The smallest absolute Gasteiger partial charge is 0.243 e. The summed E-state index contributed by atoms with van der Waals surface area (Å²) in [5.41, 5.74) is 2.51. The van der Waals surface area contributed by atoms with E-state index in [1.165, 1.54) is 0 Å². The largest absolute Gasteiger partial charge is 0.491 e. The fourth-order valence-electron chi connectivity index (χ4n) is 2.26. The molecule has 0 radical (unpaired) electrons. The van der Waals surface area contributed by atoms with Crippen LogP contribution in [0.2, 0.25) is 0 Å². The summed E-state index contributed by atoms with van der Waals surface area (Å²) in [6.45, 7) is 10.1. The maximum absolute atomic E-state index is 12.1. The summed E-state index contributed by atoms with van der Waals surface area (Å²) in [6.07, 6.45) is 0. The standard InChI is InChI=1S/C22H28N2O4/c1-4-26-13-14-27-20-9-5-18(6-10-20)23-15-22(25)24-19-7-11-21(12-8-19)28-16-17(2)3/h5-12,23H,2,4,13-16H2,1,3H3,(H,24,25). The molecule has 6 heteroatoms. The van der Waals surface area contributed by atoms with Gasteiger partial charge in [-0.25, -0.2) is 0 Å². The molecular formula is C22H28N2O4. The molecule has 6 nitrogen and oxygen atoms in total. The summed E-state index contributed by atoms with van der Waals surface area (Å²) in [4.78, 5) is 12.1. The molecule has 150 valence electrons. The van der Waals surface area contributed by atoms with Crippen LogP contribution in [-0.4, -0.2) is 38.9 Å². The van der Waals surface area contributed by atoms with E-state index in [4.69, 9.17) is 14.2 Å². The Kier molecular flexibility index (Phi) is 8.88. The molecule has 2 N–H and O–H groups in total. The average Bonchev–Trinajstić information content (AvgIpc) is 2.70. The predicted molar refractivity (Wildman–Crippen MR) is 112 cm³/mol. The van der Waals surface area contributed by atoms with Crippen LogP contribution in [0.5, 0.6) is 11.5 Å². The molecule has 0 aliphatic carbocycles. The van der Waals surface area contributed by atoms with Gasteiger partial charge in [-0.2, -0.15) is 0 Å². The van der Waals surface area contributed by atoms with Crippen molar-refractivity contribution in [2.24, 2.45) is 0 Å². The van der Waals surface area contributed by atoms with Crippen LogP contribution >= 0.6 is 0 Å². The fraction of sp³-hybridized carbons (Fsp3) is 0.318. The molecule has 0 spiro atoms. The highest BCUT2D eigenvalue weighted by Crippen LogP contribution is 2.17. The third kappa shape index (κ3) is 8.14. The van der Waals surface area contributed by atoms with E-state index in [1.54, 1.807) is 12.1 Å². The molecule has 0 bridgehead atoms. The number of carbonyl (C=O) groups excluding carboxylic acids is 1. The Morgan fingerprint density at radius 1 is 0.929 bits per heavy atom. The van der Waals surface area contributed by atoms with Crippen LogP contribution in [-0.2, 0) is 9.53 Å². The number of rotatable bonds is 12. The van der Waals surface area contributed by atoms with E-state index in [0.717, 1.165) is 22.8 Å². The molecule has 0 saturated carbocycles. The Bertz CT molecular complexity index is 742. The lowest BCUT2D eigenvalue weighted by Crippen LogP contribution is -2.21. The number of anilines is 2. The van der Waals surface area contributed by atoms with Gasteiger partial charge in [-0.3, -0.25) is 4.79 Å². The number of amides is 1. The zero-order valence-electron chi connectivity index (χ0n) is 16.5. The molecule has 2 aromatic rings. The summed E-state index contributed by atoms with van der Waals surface area (Å²) in [5, 5.41) is 5.93. The van der Waals surface area contributed by atoms with Crippen molar-refractivity contribution in [2.45, 2.75) is 13.8 Å². The van der Waals surface area contributed by atoms with Crippen molar-refractivity contribution < 1.29 is 19.0 Å². The second-order valence-corrected chi connectivity index (χ2v) is 6.24. The van der Waals surface area contributed by atoms with Gasteiger partial charge in [-0.1, -0.05) is 6.58 Å². The fourth-order valence-corrected chi connectivity index (χ4v) is 2.26. The van der Waals surface area contributed by atoms with E-state index in [2.05, 4.69) is 17.2 Å². The molecule has 0 aliphatic heterocycles. The van der Waals surface area contributed by atoms with Crippen LogP contribution in [0.3, 0.4) is 0 Å². The lowest BCUT2D eigenvalue weighted by atomic mass is 10.3. The lowest BCUT2D eigenvalue weighted by Gasteiger charge is -2.10. The number of ether oxygens (including phenoxy) is 3. The van der Waals surface area contributed by atoms with Gasteiger partial charge in [0.1, 0.15) is 24.7 Å². The highest BCUT2D eigenvalue weighted by Gasteiger charge is 2.03. The van der Waals surface area contributed by atoms with Crippen LogP contribution < -0.4 is 20.1 Å². The number of nitrogens with one attached hydrogen (secondary N) is 2. The topological polar surface area (TPSA) is 68.8 Å². The molecule has 0 atom stereocenters. The van der Waals surface area contributed by atoms with Crippen LogP contribution in [0.1, 0.15) is 13.8 Å². The summed E-state index contributed by atoms with van der Waals surface area (Å²) >= 11 is 0. The minimum Gasteiger partial charge on any atom is -0.491 e. The van der Waals surface area contributed by atoms with Crippen LogP contribution in [0.15, 0.2) is 60.7 Å². The lowest BCUT2D eigenvalue weighted by molar-refractivity contribution is -0.114. The monoisotopic (exact) mass is 384 g/mol. The third-order valence-electron chi connectivity index (χ3n) is 3.63. The van der Waals surface area contributed by atoms with Gasteiger partial charge >= 0.3 is 0 Å². The summed E-state index contributed by atoms with van der Waals surface area (Å²) in [7, 11) is 0. The maximum Gasteiger partial charge on any atom is 0.243 e. The number of hydrogen-bond acceptors (Lipinski definition) is 5. The molecule has 0 fully saturated rings. The minimum atomic E-state index is -0.132. The third-order valence-corrected chi connectivity index (χ3v) is 3.63. The van der Waals surface area contributed by atoms with Gasteiger partial charge in [0.2, 0.25) is 5.91 Å². The maximum atomic E-state index is 12.1. The zero-order valence-corrected chi connectivity index (χ0v) is 16.5. The normalized spacial score (nSPS) is 10.2. The molecule has 0 aliphatic rings. The Hall–Kier alpha value is -2.99. The van der Waals surface area contributed by atoms with Gasteiger partial charge in [-0.15, -0.1) is 0 Å². The minimum absolute atomic E-state index is 0.132. The Morgan fingerprint density at radius 2 is 1.54 bits per heavy atom. The molecular weight excluding hydrogens is 356 g/mol. The van der Waals surface area contributed by atoms with Crippen molar-refractivity contribution in [1.29, 1.82) is 0 Å². The van der Waals surface area contributed by atoms with Crippen molar-refractivity contribution in [2.75, 3.05) is 43.6 Å². The number of carbonyl (C=O) groups is 1. The summed E-state index contributed by atoms with van der Waals surface area (Å²) in [6, 6.07) is 14.7. The quantitative estimate of drug-likeness (QED) is 0.426. The van der Waals surface area contributed by atoms with E-state index >= 15 is 0 Å². The van der Waals surface area contributed by atoms with Gasteiger partial charge in [0.15, 0.2) is 0 Å². The predicted octanol–water partition coefficient (Wildman–Crippen LogP) is 4.11. The Balaban J connectivity index is 1.72. The molecule has 0 aromatic heterocycles. The van der Waals surface area contributed by atoms with Crippen LogP contribution in [0.25, 0.3) is 0 Å². The molecule has 2 aromatic carbocycles. The second-order valence-electron chi connectivity index (χ2n) is 6.24. The van der Waals surface area contributed by atoms with Crippen LogP contribution in [0.4, 0.5) is 11.4 Å². The molecule has 0 saturated heterocycles. The molecule has 0 heterocycles. The van der Waals surface area contributed by atoms with Crippen molar-refractivity contribution in [1.82, 2.24) is 0 Å². The van der Waals surface area contributed by atoms with E-state index in [1.807, 2.05) is 50.2 Å². The van der Waals surface area contributed by atoms with Crippen molar-refractivity contribution in [3.63, 3.8) is 0 Å². The van der Waals surface area contributed by atoms with Crippen molar-refractivity contribution in [3.05, 3.63) is 60.7 Å². The Morgan fingerprint density at radius 3 is 2.14 bits per heavy atom. The summed E-state index contributed by atoms with van der Waals surface area (Å²) in [5.74, 6) is 1.37. The van der Waals surface area contributed by atoms with Gasteiger partial charge in [0, 0.05) is 18.0 Å². The van der Waals surface area contributed by atoms with Crippen LogP contribution in [0, 0.1) is 0 Å². The van der Waals surface area contributed by atoms with Gasteiger partial charge in [-0.05, 0) is 68.0 Å². The van der Waals surface area contributed by atoms with E-state index in [-0.39, 0.29) is 12.5 Å². The van der Waals surface area contributed by atoms with E-state index in [9.17, 15) is 4.79 Å². The molecule has 1 amide bonds. The van der Waals surface area contributed by atoms with Gasteiger partial charge < -0.3 is 24.8 Å². The zero-order chi connectivity index (χ0) is 20.2. The molecule has 28 heavy (non-hydrogen) atoms. The second kappa shape index (κ2) is 11.7. The van der Waals surface area contributed by atoms with Crippen molar-refractivity contribution in [3.8, 4) is 11.5 Å². The first kappa shape index (κ1) is 21.3. The highest BCUT2D eigenvalue weighted by molar-refractivity contribution is 5.93. The molecule has 2 rings (SSSR count). The SMILES string of the molecule is C=C(C)COc1ccc(NC(=O)CNc2ccc(OCCOCC)cc2)cc1. The first-order valence-electron chi connectivity index (χ1n) is 9.28. The summed E-state index contributed by atoms with van der Waals surface area (Å²) < 4.78 is 16.3. The van der Waals surface area contributed by atoms with E-state index < -0.39 is 0 Å². The first-order chi connectivity index (χ1) is 13.6. The average molecular weight is 384 g/mol. The number of benzene rings is 2. The number of hydrogen-bond donors (Lipinski definition) is 2. The molecule has 0 unspecified atom stereocenters. The van der Waals surface area contributed by atoms with Gasteiger partial charge in [0.05, 0.1) is 13.2 Å². The Labute approximate surface area is 166 Å². The first-order valence-corrected chi connectivity index (χ1v) is 9.28. The highest BCUT2D eigenvalue weighted by atomic mass is 16.5. The van der Waals surface area contributed by atoms with E-state index in [0.29, 0.717) is 32.1 Å². The van der Waals surface area contributed by atoms with Crippen molar-refractivity contribution >= 4 is 17.3 Å².